The van der Waals surface area contributed by atoms with Crippen LogP contribution in [0, 0.1) is 12.7 Å². The molecule has 1 atom stereocenters. The third kappa shape index (κ3) is 4.98. The molecule has 2 heterocycles. The minimum atomic E-state index is -1.75. The van der Waals surface area contributed by atoms with E-state index in [1.807, 2.05) is 13.8 Å². The number of carbonyl (C=O) groups is 1. The number of fused-ring (bicyclic) bond motifs is 1. The zero-order valence-corrected chi connectivity index (χ0v) is 17.6. The van der Waals surface area contributed by atoms with E-state index in [-0.39, 0.29) is 17.7 Å². The van der Waals surface area contributed by atoms with Crippen LogP contribution in [0.3, 0.4) is 0 Å². The average Bonchev–Trinajstić information content (AvgIpc) is 2.74. The number of hydrogen-bond acceptors (Lipinski definition) is 5. The molecule has 1 unspecified atom stereocenters. The van der Waals surface area contributed by atoms with E-state index in [2.05, 4.69) is 10.3 Å². The van der Waals surface area contributed by atoms with Crippen molar-refractivity contribution in [1.29, 1.82) is 0 Å². The minimum absolute atomic E-state index is 0.197. The molecule has 5 nitrogen and oxygen atoms in total. The summed E-state index contributed by atoms with van der Waals surface area (Å²) in [4.78, 5) is 17.4. The topological polar surface area (TPSA) is 77.2 Å². The quantitative estimate of drug-likeness (QED) is 0.512. The summed E-state index contributed by atoms with van der Waals surface area (Å²) in [5, 5.41) is 3.10. The normalized spacial score (nSPS) is 14.9. The van der Waals surface area contributed by atoms with E-state index in [1.54, 1.807) is 25.1 Å². The number of halogens is 4. The number of nitrogens with zero attached hydrogens (tertiary/aromatic N) is 1. The molecule has 31 heavy (non-hydrogen) atoms. The average molecular weight is 439 g/mol. The zero-order chi connectivity index (χ0) is 23.1. The maximum atomic E-state index is 14.7. The fourth-order valence-electron chi connectivity index (χ4n) is 3.60. The van der Waals surface area contributed by atoms with Crippen LogP contribution in [0.2, 0.25) is 0 Å². The van der Waals surface area contributed by atoms with E-state index < -0.39 is 31.3 Å². The smallest absolute Gasteiger partial charge is 0.336 e. The monoisotopic (exact) mass is 439 g/mol. The molecule has 0 spiro atoms. The first-order valence-electron chi connectivity index (χ1n) is 9.68. The van der Waals surface area contributed by atoms with Gasteiger partial charge in [-0.25, -0.2) is 27.3 Å². The number of ether oxygens (including phenoxy) is 1. The first kappa shape index (κ1) is 24.2. The summed E-state index contributed by atoms with van der Waals surface area (Å²) in [6.45, 7) is 2.60. The molecule has 0 saturated carbocycles. The van der Waals surface area contributed by atoms with Gasteiger partial charge < -0.3 is 15.8 Å². The molecule has 0 bridgehead atoms. The fraction of sp³-hybridized carbons (Fsp3) is 0.364. The van der Waals surface area contributed by atoms with Crippen molar-refractivity contribution in [2.45, 2.75) is 33.1 Å². The van der Waals surface area contributed by atoms with Gasteiger partial charge in [-0.1, -0.05) is 25.1 Å². The van der Waals surface area contributed by atoms with Crippen molar-refractivity contribution in [2.75, 3.05) is 31.3 Å². The van der Waals surface area contributed by atoms with Crippen molar-refractivity contribution in [1.82, 2.24) is 4.98 Å². The number of anilines is 2. The molecule has 9 heteroatoms. The van der Waals surface area contributed by atoms with Gasteiger partial charge in [0.15, 0.2) is 0 Å². The molecule has 3 rings (SSSR count). The van der Waals surface area contributed by atoms with Crippen LogP contribution >= 0.6 is 0 Å². The van der Waals surface area contributed by atoms with Crippen molar-refractivity contribution in [3.05, 3.63) is 63.7 Å². The summed E-state index contributed by atoms with van der Waals surface area (Å²) in [7, 11) is 0. The molecule has 0 radical (unpaired) electrons. The Bertz CT molecular complexity index is 979. The van der Waals surface area contributed by atoms with Crippen molar-refractivity contribution < 1.29 is 27.1 Å². The Morgan fingerprint density at radius 2 is 1.87 bits per heavy atom. The largest absolute Gasteiger partial charge is 0.459 e. The van der Waals surface area contributed by atoms with Crippen LogP contribution in [-0.2, 0) is 16.0 Å². The number of alkyl halides is 3. The highest BCUT2D eigenvalue weighted by atomic mass is 19.3. The summed E-state index contributed by atoms with van der Waals surface area (Å²) < 4.78 is 51.6. The molecule has 0 aliphatic carbocycles. The van der Waals surface area contributed by atoms with E-state index in [0.717, 1.165) is 11.3 Å². The number of pyridine rings is 1. The Morgan fingerprint density at radius 3 is 2.45 bits per heavy atom. The predicted octanol–water partition coefficient (Wildman–Crippen LogP) is 4.90. The third-order valence-corrected chi connectivity index (χ3v) is 5.00. The second-order valence-electron chi connectivity index (χ2n) is 6.76. The van der Waals surface area contributed by atoms with Crippen molar-refractivity contribution in [3.63, 3.8) is 0 Å². The Hall–Kier alpha value is -3.10. The SMILES string of the molecule is CCc1nc2c(c(N)c1C)C(c1ccccc1F)C(C(=O)OCCF)=C(C)N2.FCF. The van der Waals surface area contributed by atoms with E-state index in [4.69, 9.17) is 10.5 Å². The van der Waals surface area contributed by atoms with Gasteiger partial charge in [0, 0.05) is 28.2 Å². The lowest BCUT2D eigenvalue weighted by molar-refractivity contribution is -0.139. The maximum absolute atomic E-state index is 14.7. The van der Waals surface area contributed by atoms with E-state index in [1.165, 1.54) is 6.07 Å². The molecule has 0 fully saturated rings. The molecule has 2 aromatic rings. The third-order valence-electron chi connectivity index (χ3n) is 5.00. The van der Waals surface area contributed by atoms with Gasteiger partial charge in [-0.05, 0) is 31.9 Å². The number of rotatable bonds is 5. The lowest BCUT2D eigenvalue weighted by atomic mass is 9.80. The van der Waals surface area contributed by atoms with Crippen LogP contribution in [0.4, 0.5) is 29.1 Å². The van der Waals surface area contributed by atoms with Gasteiger partial charge in [-0.3, -0.25) is 0 Å². The number of nitrogens with two attached hydrogens (primary N) is 1. The number of allylic oxidation sites excluding steroid dienone is 1. The van der Waals surface area contributed by atoms with Crippen LogP contribution in [-0.4, -0.2) is 31.2 Å². The number of nitrogen functional groups attached to an aromatic ring is 1. The lowest BCUT2D eigenvalue weighted by Gasteiger charge is -2.31. The standard InChI is InChI=1S/C21H23F2N3O2.CH2F2/c1-4-15-11(2)19(24)18-17(13-7-5-6-8-14(13)23)16(21(27)28-10-9-22)12(3)25-20(18)26-15;2-1-3/h5-8,17H,4,9-10H2,1-3H3,(H3,24,25,26);1H2. The summed E-state index contributed by atoms with van der Waals surface area (Å²) >= 11 is 0. The lowest BCUT2D eigenvalue weighted by Crippen LogP contribution is -2.27. The summed E-state index contributed by atoms with van der Waals surface area (Å²) in [6, 6.07) is 6.20. The predicted molar refractivity (Wildman–Crippen MR) is 111 cm³/mol. The van der Waals surface area contributed by atoms with E-state index in [0.29, 0.717) is 29.2 Å². The first-order valence-corrected chi connectivity index (χ1v) is 9.68. The molecule has 168 valence electrons. The van der Waals surface area contributed by atoms with Gasteiger partial charge in [0.1, 0.15) is 24.9 Å². The summed E-state index contributed by atoms with van der Waals surface area (Å²) in [5.74, 6) is -1.49. The number of aromatic nitrogens is 1. The molecule has 0 amide bonds. The van der Waals surface area contributed by atoms with Gasteiger partial charge in [0.05, 0.1) is 11.5 Å². The molecule has 1 aliphatic rings. The number of benzene rings is 1. The molecular formula is C22H25F4N3O2. The first-order chi connectivity index (χ1) is 14.8. The molecule has 3 N–H and O–H groups in total. The Balaban J connectivity index is 0.00000107. The van der Waals surface area contributed by atoms with Gasteiger partial charge >= 0.3 is 5.97 Å². The van der Waals surface area contributed by atoms with Crippen molar-refractivity contribution in [3.8, 4) is 0 Å². The molecule has 1 aromatic heterocycles. The second-order valence-corrected chi connectivity index (χ2v) is 6.76. The zero-order valence-electron chi connectivity index (χ0n) is 17.6. The number of aryl methyl sites for hydroxylation is 1. The molecule has 1 aliphatic heterocycles. The van der Waals surface area contributed by atoms with Crippen LogP contribution in [0.15, 0.2) is 35.5 Å². The number of carbonyl (C=O) groups excluding carboxylic acids is 1. The molecular weight excluding hydrogens is 414 g/mol. The Labute approximate surface area is 178 Å². The Kier molecular flexibility index (Phi) is 8.41. The number of hydrogen-bond donors (Lipinski definition) is 2. The van der Waals surface area contributed by atoms with Crippen molar-refractivity contribution >= 4 is 17.5 Å². The second kappa shape index (κ2) is 10.8. The molecule has 1 aromatic carbocycles. The maximum Gasteiger partial charge on any atom is 0.336 e. The van der Waals surface area contributed by atoms with Gasteiger partial charge in [-0.15, -0.1) is 0 Å². The number of nitrogens with one attached hydrogen (secondary N) is 1. The summed E-state index contributed by atoms with van der Waals surface area (Å²) in [6.07, 6.45) is 0.684. The van der Waals surface area contributed by atoms with Gasteiger partial charge in [0.25, 0.3) is 0 Å². The van der Waals surface area contributed by atoms with E-state index in [9.17, 15) is 22.4 Å². The van der Waals surface area contributed by atoms with Gasteiger partial charge in [0.2, 0.25) is 6.93 Å². The van der Waals surface area contributed by atoms with Crippen LogP contribution < -0.4 is 11.1 Å². The number of esters is 1. The fourth-order valence-corrected chi connectivity index (χ4v) is 3.60. The Morgan fingerprint density at radius 1 is 1.23 bits per heavy atom. The van der Waals surface area contributed by atoms with Crippen molar-refractivity contribution in [2.24, 2.45) is 0 Å². The highest BCUT2D eigenvalue weighted by Gasteiger charge is 2.37. The highest BCUT2D eigenvalue weighted by molar-refractivity contribution is 5.95. The van der Waals surface area contributed by atoms with Gasteiger partial charge in [-0.2, -0.15) is 0 Å². The van der Waals surface area contributed by atoms with Crippen LogP contribution in [0.5, 0.6) is 0 Å². The van der Waals surface area contributed by atoms with E-state index >= 15 is 0 Å². The van der Waals surface area contributed by atoms with Crippen LogP contribution in [0.1, 0.15) is 42.1 Å². The minimum Gasteiger partial charge on any atom is -0.459 e. The van der Waals surface area contributed by atoms with Crippen LogP contribution in [0.25, 0.3) is 0 Å². The summed E-state index contributed by atoms with van der Waals surface area (Å²) in [5.41, 5.74) is 9.98. The molecule has 0 saturated heterocycles. The highest BCUT2D eigenvalue weighted by Crippen LogP contribution is 2.46.